The molecule has 10 heteroatoms. The summed E-state index contributed by atoms with van der Waals surface area (Å²) in [5, 5.41) is 14.3. The van der Waals surface area contributed by atoms with E-state index >= 15 is 0 Å². The van der Waals surface area contributed by atoms with Crippen molar-refractivity contribution in [1.82, 2.24) is 20.0 Å². The van der Waals surface area contributed by atoms with Gasteiger partial charge in [0, 0.05) is 71.3 Å². The number of aliphatic hydroxyl groups excluding tert-OH is 1. The Hall–Kier alpha value is -2.13. The van der Waals surface area contributed by atoms with Crippen molar-refractivity contribution in [1.29, 1.82) is 0 Å². The van der Waals surface area contributed by atoms with Gasteiger partial charge in [0.05, 0.1) is 16.1 Å². The molecule has 0 radical (unpaired) electrons. The van der Waals surface area contributed by atoms with Crippen LogP contribution in [0.15, 0.2) is 24.3 Å². The Bertz CT molecular complexity index is 934. The van der Waals surface area contributed by atoms with Crippen LogP contribution in [0, 0.1) is 0 Å². The number of carbonyl (C=O) groups excluding carboxylic acids is 3. The van der Waals surface area contributed by atoms with Gasteiger partial charge in [-0.05, 0) is 43.0 Å². The Morgan fingerprint density at radius 2 is 1.89 bits per heavy atom. The Morgan fingerprint density at radius 1 is 1.14 bits per heavy atom. The quantitative estimate of drug-likeness (QED) is 0.509. The molecule has 2 aliphatic rings. The van der Waals surface area contributed by atoms with Gasteiger partial charge in [-0.25, -0.2) is 0 Å². The molecule has 1 aromatic rings. The van der Waals surface area contributed by atoms with Crippen molar-refractivity contribution in [3.05, 3.63) is 39.9 Å². The molecule has 0 saturated carbocycles. The van der Waals surface area contributed by atoms with E-state index in [0.29, 0.717) is 49.2 Å². The third-order valence-electron chi connectivity index (χ3n) is 6.46. The molecule has 2 saturated heterocycles. The maximum Gasteiger partial charge on any atom is 0.246 e. The zero-order valence-electron chi connectivity index (χ0n) is 20.1. The van der Waals surface area contributed by atoms with Gasteiger partial charge in [0.1, 0.15) is 0 Å². The maximum atomic E-state index is 12.6. The van der Waals surface area contributed by atoms with Crippen LogP contribution in [0.25, 0.3) is 6.08 Å². The first-order valence-electron chi connectivity index (χ1n) is 12.1. The van der Waals surface area contributed by atoms with Crippen molar-refractivity contribution < 1.29 is 19.5 Å². The molecule has 35 heavy (non-hydrogen) atoms. The number of rotatable bonds is 8. The second-order valence-electron chi connectivity index (χ2n) is 9.18. The van der Waals surface area contributed by atoms with Gasteiger partial charge < -0.3 is 25.1 Å². The number of piperidine rings is 1. The van der Waals surface area contributed by atoms with Crippen molar-refractivity contribution >= 4 is 47.0 Å². The van der Waals surface area contributed by atoms with E-state index in [-0.39, 0.29) is 30.2 Å². The SMILES string of the molecule is CC(=O)NC1CCN(CC(O)CCN2CCN(C(=O)C=Cc3ccc(Cl)c(Cl)c3)CCC2=O)CC1. The monoisotopic (exact) mass is 524 g/mol. The molecule has 0 aliphatic carbocycles. The molecule has 2 N–H and O–H groups in total. The standard InChI is InChI=1S/C25H34Cl2N4O4/c1-18(32)28-20-6-10-29(11-7-20)17-21(33)8-12-30-14-15-31(13-9-25(30)35)24(34)5-3-19-2-4-22(26)23(27)16-19/h2-5,16,20-21,33H,6-15,17H2,1H3,(H,28,32). The second-order valence-corrected chi connectivity index (χ2v) is 10.00. The lowest BCUT2D eigenvalue weighted by Crippen LogP contribution is -2.46. The van der Waals surface area contributed by atoms with Crippen molar-refractivity contribution in [2.45, 2.75) is 44.8 Å². The van der Waals surface area contributed by atoms with Crippen LogP contribution in [0.3, 0.4) is 0 Å². The minimum Gasteiger partial charge on any atom is -0.392 e. The molecule has 3 rings (SSSR count). The van der Waals surface area contributed by atoms with E-state index in [1.807, 2.05) is 0 Å². The number of β-amino-alcohol motifs (C(OH)–C–C–N with tert-alkyl or cyclic N) is 1. The predicted octanol–water partition coefficient (Wildman–Crippen LogP) is 2.42. The zero-order chi connectivity index (χ0) is 25.4. The van der Waals surface area contributed by atoms with Gasteiger partial charge in [-0.1, -0.05) is 29.3 Å². The van der Waals surface area contributed by atoms with Gasteiger partial charge in [-0.2, -0.15) is 0 Å². The summed E-state index contributed by atoms with van der Waals surface area (Å²) >= 11 is 11.9. The summed E-state index contributed by atoms with van der Waals surface area (Å²) in [7, 11) is 0. The third-order valence-corrected chi connectivity index (χ3v) is 7.20. The minimum atomic E-state index is -0.532. The normalized spacial score (nSPS) is 19.1. The molecule has 0 spiro atoms. The van der Waals surface area contributed by atoms with Crippen molar-refractivity contribution in [2.75, 3.05) is 45.8 Å². The molecule has 192 valence electrons. The van der Waals surface area contributed by atoms with Crippen molar-refractivity contribution in [3.8, 4) is 0 Å². The number of amides is 3. The number of halogens is 2. The number of aliphatic hydroxyl groups is 1. The van der Waals surface area contributed by atoms with Crippen LogP contribution < -0.4 is 5.32 Å². The molecule has 0 bridgehead atoms. The van der Waals surface area contributed by atoms with E-state index in [1.54, 1.807) is 34.1 Å². The van der Waals surface area contributed by atoms with E-state index in [1.165, 1.54) is 13.0 Å². The molecule has 0 aromatic heterocycles. The van der Waals surface area contributed by atoms with E-state index in [9.17, 15) is 19.5 Å². The average Bonchev–Trinajstić information content (AvgIpc) is 3.00. The zero-order valence-corrected chi connectivity index (χ0v) is 21.6. The highest BCUT2D eigenvalue weighted by atomic mass is 35.5. The lowest BCUT2D eigenvalue weighted by atomic mass is 10.0. The fraction of sp³-hybridized carbons (Fsp3) is 0.560. The van der Waals surface area contributed by atoms with Crippen LogP contribution in [-0.2, 0) is 14.4 Å². The Balaban J connectivity index is 1.41. The van der Waals surface area contributed by atoms with E-state index in [2.05, 4.69) is 10.2 Å². The highest BCUT2D eigenvalue weighted by Gasteiger charge is 2.25. The van der Waals surface area contributed by atoms with Crippen LogP contribution in [0.5, 0.6) is 0 Å². The van der Waals surface area contributed by atoms with E-state index in [4.69, 9.17) is 23.2 Å². The fourth-order valence-corrected chi connectivity index (χ4v) is 4.76. The second kappa shape index (κ2) is 13.3. The summed E-state index contributed by atoms with van der Waals surface area (Å²) < 4.78 is 0. The van der Waals surface area contributed by atoms with Gasteiger partial charge in [0.15, 0.2) is 0 Å². The average molecular weight is 525 g/mol. The first-order chi connectivity index (χ1) is 16.7. The van der Waals surface area contributed by atoms with Gasteiger partial charge in [-0.3, -0.25) is 14.4 Å². The smallest absolute Gasteiger partial charge is 0.246 e. The van der Waals surface area contributed by atoms with Crippen LogP contribution in [0.1, 0.15) is 38.2 Å². The number of nitrogens with zero attached hydrogens (tertiary/aromatic N) is 3. The van der Waals surface area contributed by atoms with Gasteiger partial charge >= 0.3 is 0 Å². The minimum absolute atomic E-state index is 0.00270. The largest absolute Gasteiger partial charge is 0.392 e. The molecule has 2 heterocycles. The van der Waals surface area contributed by atoms with Crippen LogP contribution in [0.4, 0.5) is 0 Å². The summed E-state index contributed by atoms with van der Waals surface area (Å²) in [5.41, 5.74) is 0.772. The Morgan fingerprint density at radius 3 is 2.57 bits per heavy atom. The van der Waals surface area contributed by atoms with Crippen LogP contribution in [0.2, 0.25) is 10.0 Å². The molecule has 1 aromatic carbocycles. The first-order valence-corrected chi connectivity index (χ1v) is 12.8. The molecule has 8 nitrogen and oxygen atoms in total. The number of nitrogens with one attached hydrogen (secondary N) is 1. The summed E-state index contributed by atoms with van der Waals surface area (Å²) in [6.07, 6.45) is 5.14. The molecule has 1 atom stereocenters. The Labute approximate surface area is 216 Å². The predicted molar refractivity (Wildman–Crippen MR) is 137 cm³/mol. The van der Waals surface area contributed by atoms with Crippen molar-refractivity contribution in [3.63, 3.8) is 0 Å². The molecule has 2 aliphatic heterocycles. The molecule has 2 fully saturated rings. The first kappa shape index (κ1) is 27.5. The number of hydrogen-bond donors (Lipinski definition) is 2. The lowest BCUT2D eigenvalue weighted by Gasteiger charge is -2.33. The van der Waals surface area contributed by atoms with E-state index in [0.717, 1.165) is 31.5 Å². The number of hydrogen-bond acceptors (Lipinski definition) is 5. The molecule has 1 unspecified atom stereocenters. The number of carbonyl (C=O) groups is 3. The summed E-state index contributed by atoms with van der Waals surface area (Å²) in [6, 6.07) is 5.36. The molecular weight excluding hydrogens is 491 g/mol. The lowest BCUT2D eigenvalue weighted by molar-refractivity contribution is -0.130. The summed E-state index contributed by atoms with van der Waals surface area (Å²) in [6.45, 7) is 5.47. The summed E-state index contributed by atoms with van der Waals surface area (Å²) in [5.74, 6) is -0.168. The van der Waals surface area contributed by atoms with Gasteiger partial charge in [0.25, 0.3) is 0 Å². The maximum absolute atomic E-state index is 12.6. The number of likely N-dealkylation sites (tertiary alicyclic amines) is 1. The van der Waals surface area contributed by atoms with Crippen molar-refractivity contribution in [2.24, 2.45) is 0 Å². The summed E-state index contributed by atoms with van der Waals surface area (Å²) in [4.78, 5) is 42.0. The topological polar surface area (TPSA) is 93.2 Å². The highest BCUT2D eigenvalue weighted by molar-refractivity contribution is 6.42. The van der Waals surface area contributed by atoms with Crippen LogP contribution >= 0.6 is 23.2 Å². The number of benzene rings is 1. The third kappa shape index (κ3) is 8.79. The van der Waals surface area contributed by atoms with E-state index < -0.39 is 6.10 Å². The molecule has 3 amide bonds. The fourth-order valence-electron chi connectivity index (χ4n) is 4.45. The highest BCUT2D eigenvalue weighted by Crippen LogP contribution is 2.23. The van der Waals surface area contributed by atoms with Gasteiger partial charge in [-0.15, -0.1) is 0 Å². The van der Waals surface area contributed by atoms with Gasteiger partial charge in [0.2, 0.25) is 17.7 Å². The Kier molecular flexibility index (Phi) is 10.4. The molecular formula is C25H34Cl2N4O4. The van der Waals surface area contributed by atoms with Crippen LogP contribution in [-0.4, -0.2) is 95.5 Å².